The monoisotopic (exact) mass is 405 g/mol. The first kappa shape index (κ1) is 21.9. The number of pyridine rings is 1. The van der Waals surface area contributed by atoms with Gasteiger partial charge in [-0.25, -0.2) is 8.42 Å². The third-order valence-corrected chi connectivity index (χ3v) is 6.42. The van der Waals surface area contributed by atoms with Crippen LogP contribution in [-0.2, 0) is 21.1 Å². The van der Waals surface area contributed by atoms with Crippen LogP contribution in [0.4, 0.5) is 0 Å². The van der Waals surface area contributed by atoms with E-state index in [1.54, 1.807) is 6.92 Å². The van der Waals surface area contributed by atoms with Gasteiger partial charge < -0.3 is 14.6 Å². The Labute approximate surface area is 166 Å². The molecule has 1 atom stereocenters. The minimum absolute atomic E-state index is 0.0537. The summed E-state index contributed by atoms with van der Waals surface area (Å²) in [6.07, 6.45) is 5.97. The SMILES string of the molecule is Cc1c(OCCCCS(=O)(=O)c2ccncc2)ccc(CC(C)CC=O)c1O. The van der Waals surface area contributed by atoms with Crippen LogP contribution in [0.2, 0.25) is 0 Å². The van der Waals surface area contributed by atoms with Crippen LogP contribution in [0.15, 0.2) is 41.6 Å². The maximum atomic E-state index is 12.2. The van der Waals surface area contributed by atoms with Crippen LogP contribution >= 0.6 is 0 Å². The van der Waals surface area contributed by atoms with Crippen LogP contribution < -0.4 is 4.74 Å². The maximum Gasteiger partial charge on any atom is 0.178 e. The van der Waals surface area contributed by atoms with E-state index < -0.39 is 9.84 Å². The molecule has 0 radical (unpaired) electrons. The second-order valence-corrected chi connectivity index (χ2v) is 9.07. The first-order valence-corrected chi connectivity index (χ1v) is 11.0. The van der Waals surface area contributed by atoms with Gasteiger partial charge in [0.05, 0.1) is 17.3 Å². The van der Waals surface area contributed by atoms with Gasteiger partial charge in [0.25, 0.3) is 0 Å². The maximum absolute atomic E-state index is 12.2. The minimum atomic E-state index is -3.30. The fourth-order valence-corrected chi connectivity index (χ4v) is 4.28. The lowest BCUT2D eigenvalue weighted by Gasteiger charge is -2.15. The van der Waals surface area contributed by atoms with Crippen LogP contribution in [-0.4, -0.2) is 37.2 Å². The Balaban J connectivity index is 1.84. The number of hydrogen-bond donors (Lipinski definition) is 1. The molecular formula is C21H27NO5S. The predicted molar refractivity (Wildman–Crippen MR) is 107 cm³/mol. The number of benzene rings is 1. The number of unbranched alkanes of at least 4 members (excludes halogenated alkanes) is 1. The van der Waals surface area contributed by atoms with E-state index in [2.05, 4.69) is 4.98 Å². The molecule has 0 fully saturated rings. The largest absolute Gasteiger partial charge is 0.507 e. The lowest BCUT2D eigenvalue weighted by molar-refractivity contribution is -0.108. The molecule has 1 unspecified atom stereocenters. The van der Waals surface area contributed by atoms with Crippen LogP contribution in [0.1, 0.15) is 37.3 Å². The molecule has 6 nitrogen and oxygen atoms in total. The Morgan fingerprint density at radius 2 is 1.89 bits per heavy atom. The van der Waals surface area contributed by atoms with Gasteiger partial charge in [-0.1, -0.05) is 13.0 Å². The highest BCUT2D eigenvalue weighted by Gasteiger charge is 2.15. The number of hydrogen-bond acceptors (Lipinski definition) is 6. The third-order valence-electron chi connectivity index (χ3n) is 4.61. The molecule has 152 valence electrons. The molecule has 2 rings (SSSR count). The van der Waals surface area contributed by atoms with Crippen molar-refractivity contribution in [3.05, 3.63) is 47.8 Å². The van der Waals surface area contributed by atoms with E-state index >= 15 is 0 Å². The number of phenolic OH excluding ortho intramolecular Hbond substituents is 1. The number of rotatable bonds is 11. The standard InChI is InChI=1S/C21H27NO5S/c1-16(9-12-23)15-18-5-6-20(17(2)21(18)24)27-13-3-4-14-28(25,26)19-7-10-22-11-8-19/h5-8,10-12,16,24H,3-4,9,13-15H2,1-2H3. The zero-order valence-corrected chi connectivity index (χ0v) is 17.1. The highest BCUT2D eigenvalue weighted by molar-refractivity contribution is 7.91. The molecule has 0 aliphatic heterocycles. The van der Waals surface area contributed by atoms with E-state index in [0.29, 0.717) is 43.6 Å². The first-order chi connectivity index (χ1) is 13.3. The highest BCUT2D eigenvalue weighted by atomic mass is 32.2. The molecule has 28 heavy (non-hydrogen) atoms. The van der Waals surface area contributed by atoms with Gasteiger partial charge in [-0.05, 0) is 55.9 Å². The molecule has 0 aliphatic carbocycles. The summed E-state index contributed by atoms with van der Waals surface area (Å²) in [5.74, 6) is 0.992. The molecule has 1 N–H and O–H groups in total. The van der Waals surface area contributed by atoms with Crippen molar-refractivity contribution in [3.8, 4) is 11.5 Å². The molecule has 0 bridgehead atoms. The Hall–Kier alpha value is -2.41. The number of aldehydes is 1. The summed E-state index contributed by atoms with van der Waals surface area (Å²) in [4.78, 5) is 14.7. The van der Waals surface area contributed by atoms with Crippen LogP contribution in [0.3, 0.4) is 0 Å². The predicted octanol–water partition coefficient (Wildman–Crippen LogP) is 3.50. The van der Waals surface area contributed by atoms with E-state index in [4.69, 9.17) is 4.74 Å². The van der Waals surface area contributed by atoms with Crippen molar-refractivity contribution in [1.82, 2.24) is 4.98 Å². The Kier molecular flexibility index (Phi) is 7.99. The van der Waals surface area contributed by atoms with Crippen molar-refractivity contribution in [1.29, 1.82) is 0 Å². The lowest BCUT2D eigenvalue weighted by Crippen LogP contribution is -2.09. The molecule has 0 saturated heterocycles. The van der Waals surface area contributed by atoms with E-state index in [-0.39, 0.29) is 22.3 Å². The van der Waals surface area contributed by atoms with Crippen LogP contribution in [0, 0.1) is 12.8 Å². The van der Waals surface area contributed by atoms with Gasteiger partial charge in [-0.2, -0.15) is 0 Å². The molecule has 0 saturated carbocycles. The topological polar surface area (TPSA) is 93.6 Å². The van der Waals surface area contributed by atoms with Crippen molar-refractivity contribution in [2.24, 2.45) is 5.92 Å². The molecule has 1 aromatic carbocycles. The summed E-state index contributed by atoms with van der Waals surface area (Å²) in [6.45, 7) is 4.12. The van der Waals surface area contributed by atoms with Gasteiger partial charge in [-0.3, -0.25) is 4.98 Å². The Morgan fingerprint density at radius 3 is 2.57 bits per heavy atom. The van der Waals surface area contributed by atoms with Crippen LogP contribution in [0.25, 0.3) is 0 Å². The fraction of sp³-hybridized carbons (Fsp3) is 0.429. The summed E-state index contributed by atoms with van der Waals surface area (Å²) in [7, 11) is -3.30. The lowest BCUT2D eigenvalue weighted by atomic mass is 9.96. The number of ether oxygens (including phenoxy) is 1. The van der Waals surface area contributed by atoms with Gasteiger partial charge in [0.1, 0.15) is 17.8 Å². The molecule has 0 aliphatic rings. The molecule has 0 amide bonds. The van der Waals surface area contributed by atoms with Gasteiger partial charge in [0.15, 0.2) is 9.84 Å². The molecule has 0 spiro atoms. The quantitative estimate of drug-likeness (QED) is 0.454. The number of phenols is 1. The number of aromatic nitrogens is 1. The summed E-state index contributed by atoms with van der Waals surface area (Å²) < 4.78 is 30.1. The molecule has 2 aromatic rings. The minimum Gasteiger partial charge on any atom is -0.507 e. The third kappa shape index (κ3) is 6.05. The number of carbonyl (C=O) groups excluding carboxylic acids is 1. The van der Waals surface area contributed by atoms with Gasteiger partial charge in [0.2, 0.25) is 0 Å². The van der Waals surface area contributed by atoms with Crippen molar-refractivity contribution < 1.29 is 23.1 Å². The average molecular weight is 406 g/mol. The number of nitrogens with zero attached hydrogens (tertiary/aromatic N) is 1. The summed E-state index contributed by atoms with van der Waals surface area (Å²) in [5.41, 5.74) is 1.45. The van der Waals surface area contributed by atoms with Gasteiger partial charge >= 0.3 is 0 Å². The Bertz CT molecular complexity index is 881. The molecule has 1 heterocycles. The normalized spacial score (nSPS) is 12.5. The number of carbonyl (C=O) groups is 1. The molecular weight excluding hydrogens is 378 g/mol. The second-order valence-electron chi connectivity index (χ2n) is 6.97. The molecule has 7 heteroatoms. The van der Waals surface area contributed by atoms with E-state index in [9.17, 15) is 18.3 Å². The highest BCUT2D eigenvalue weighted by Crippen LogP contribution is 2.32. The Morgan fingerprint density at radius 1 is 1.18 bits per heavy atom. The van der Waals surface area contributed by atoms with E-state index in [0.717, 1.165) is 11.8 Å². The van der Waals surface area contributed by atoms with E-state index in [1.165, 1.54) is 24.5 Å². The molecule has 1 aromatic heterocycles. The van der Waals surface area contributed by atoms with Gasteiger partial charge in [-0.15, -0.1) is 0 Å². The fourth-order valence-electron chi connectivity index (χ4n) is 2.92. The summed E-state index contributed by atoms with van der Waals surface area (Å²) in [6, 6.07) is 6.61. The zero-order chi connectivity index (χ0) is 20.6. The van der Waals surface area contributed by atoms with Crippen molar-refractivity contribution in [2.75, 3.05) is 12.4 Å². The average Bonchev–Trinajstić information content (AvgIpc) is 2.67. The smallest absolute Gasteiger partial charge is 0.178 e. The number of aromatic hydroxyl groups is 1. The zero-order valence-electron chi connectivity index (χ0n) is 16.3. The van der Waals surface area contributed by atoms with Crippen molar-refractivity contribution in [2.45, 2.75) is 44.4 Å². The number of sulfone groups is 1. The van der Waals surface area contributed by atoms with E-state index in [1.807, 2.05) is 19.1 Å². The van der Waals surface area contributed by atoms with Gasteiger partial charge in [0, 0.05) is 24.4 Å². The second kappa shape index (κ2) is 10.2. The van der Waals surface area contributed by atoms with Crippen molar-refractivity contribution in [3.63, 3.8) is 0 Å². The summed E-state index contributed by atoms with van der Waals surface area (Å²) in [5, 5.41) is 10.4. The first-order valence-electron chi connectivity index (χ1n) is 9.35. The van der Waals surface area contributed by atoms with Crippen molar-refractivity contribution >= 4 is 16.1 Å². The summed E-state index contributed by atoms with van der Waals surface area (Å²) >= 11 is 0. The van der Waals surface area contributed by atoms with Crippen LogP contribution in [0.5, 0.6) is 11.5 Å².